The smallest absolute Gasteiger partial charge is 0.159 e. The Bertz CT molecular complexity index is 1030. The molecule has 1 aliphatic carbocycles. The molecule has 3 heteroatoms. The van der Waals surface area contributed by atoms with Crippen LogP contribution in [0.1, 0.15) is 39.2 Å². The molecule has 2 aromatic carbocycles. The molecule has 3 atom stereocenters. The molecule has 0 amide bonds. The van der Waals surface area contributed by atoms with Gasteiger partial charge < -0.3 is 14.2 Å². The van der Waals surface area contributed by atoms with Crippen molar-refractivity contribution in [1.82, 2.24) is 4.90 Å². The number of para-hydroxylation sites is 1. The van der Waals surface area contributed by atoms with E-state index >= 15 is 0 Å². The minimum absolute atomic E-state index is 0.288. The van der Waals surface area contributed by atoms with Crippen molar-refractivity contribution in [2.75, 3.05) is 11.9 Å². The van der Waals surface area contributed by atoms with Crippen LogP contribution in [-0.4, -0.2) is 18.1 Å². The number of rotatable bonds is 3. The summed E-state index contributed by atoms with van der Waals surface area (Å²) in [7, 11) is 2.13. The highest BCUT2D eigenvalue weighted by molar-refractivity contribution is 6.10. The number of hydrogen-bond acceptors (Lipinski definition) is 3. The van der Waals surface area contributed by atoms with E-state index in [1.165, 1.54) is 34.9 Å². The van der Waals surface area contributed by atoms with E-state index < -0.39 is 0 Å². The Hall–Kier alpha value is -2.42. The molecule has 3 nitrogen and oxygen atoms in total. The lowest BCUT2D eigenvalue weighted by Gasteiger charge is -2.31. The second-order valence-corrected chi connectivity index (χ2v) is 8.05. The van der Waals surface area contributed by atoms with Gasteiger partial charge in [0, 0.05) is 35.6 Å². The first kappa shape index (κ1) is 15.8. The molecular weight excluding hydrogens is 320 g/mol. The van der Waals surface area contributed by atoms with Gasteiger partial charge in [-0.3, -0.25) is 0 Å². The molecular formula is C23H26N2O. The second-order valence-electron chi connectivity index (χ2n) is 8.05. The Kier molecular flexibility index (Phi) is 3.22. The number of benzene rings is 2. The van der Waals surface area contributed by atoms with Crippen LogP contribution in [0.15, 0.2) is 53.2 Å². The number of anilines is 1. The lowest BCUT2D eigenvalue weighted by molar-refractivity contribution is 0.382. The molecule has 5 rings (SSSR count). The van der Waals surface area contributed by atoms with E-state index in [-0.39, 0.29) is 11.6 Å². The molecule has 2 aliphatic rings. The third kappa shape index (κ3) is 1.94. The van der Waals surface area contributed by atoms with Gasteiger partial charge in [0.2, 0.25) is 0 Å². The van der Waals surface area contributed by atoms with Crippen LogP contribution >= 0.6 is 0 Å². The van der Waals surface area contributed by atoms with Gasteiger partial charge in [-0.25, -0.2) is 0 Å². The van der Waals surface area contributed by atoms with Gasteiger partial charge in [0.25, 0.3) is 0 Å². The van der Waals surface area contributed by atoms with Crippen molar-refractivity contribution in [1.29, 1.82) is 0 Å². The maximum absolute atomic E-state index is 6.43. The van der Waals surface area contributed by atoms with Crippen molar-refractivity contribution in [3.05, 3.63) is 54.4 Å². The van der Waals surface area contributed by atoms with E-state index in [2.05, 4.69) is 80.4 Å². The third-order valence-electron chi connectivity index (χ3n) is 6.85. The SMILES string of the molecule is CCC1(c2ccc3c(oc4ccccc43)c2N2C=CN(C)[C@H]2C)C[C@@H]1C. The van der Waals surface area contributed by atoms with Crippen molar-refractivity contribution in [2.24, 2.45) is 5.92 Å². The van der Waals surface area contributed by atoms with Crippen LogP contribution in [0.2, 0.25) is 0 Å². The van der Waals surface area contributed by atoms with Crippen LogP contribution in [0, 0.1) is 5.92 Å². The first-order valence-corrected chi connectivity index (χ1v) is 9.70. The van der Waals surface area contributed by atoms with Crippen LogP contribution in [0.25, 0.3) is 21.9 Å². The average Bonchev–Trinajstić information content (AvgIpc) is 3.00. The molecule has 2 heterocycles. The lowest BCUT2D eigenvalue weighted by atomic mass is 9.88. The van der Waals surface area contributed by atoms with Crippen LogP contribution in [-0.2, 0) is 5.41 Å². The first-order valence-electron chi connectivity index (χ1n) is 9.70. The Morgan fingerprint density at radius 3 is 2.50 bits per heavy atom. The Morgan fingerprint density at radius 1 is 1.08 bits per heavy atom. The fraction of sp³-hybridized carbons (Fsp3) is 0.391. The molecule has 26 heavy (non-hydrogen) atoms. The summed E-state index contributed by atoms with van der Waals surface area (Å²) in [5.74, 6) is 0.729. The Morgan fingerprint density at radius 2 is 1.85 bits per heavy atom. The summed E-state index contributed by atoms with van der Waals surface area (Å²) < 4.78 is 6.43. The molecule has 1 fully saturated rings. The van der Waals surface area contributed by atoms with Gasteiger partial charge in [-0.2, -0.15) is 0 Å². The minimum atomic E-state index is 0.288. The highest BCUT2D eigenvalue weighted by atomic mass is 16.3. The number of fused-ring (bicyclic) bond motifs is 3. The van der Waals surface area contributed by atoms with E-state index in [9.17, 15) is 0 Å². The van der Waals surface area contributed by atoms with Crippen molar-refractivity contribution in [3.8, 4) is 0 Å². The summed E-state index contributed by atoms with van der Waals surface area (Å²) in [5.41, 5.74) is 5.00. The van der Waals surface area contributed by atoms with Crippen molar-refractivity contribution in [3.63, 3.8) is 0 Å². The summed E-state index contributed by atoms with van der Waals surface area (Å²) in [6, 6.07) is 13.0. The summed E-state index contributed by atoms with van der Waals surface area (Å²) in [6.07, 6.45) is 7.09. The van der Waals surface area contributed by atoms with Gasteiger partial charge in [-0.1, -0.05) is 44.2 Å². The molecule has 1 aromatic heterocycles. The number of furan rings is 1. The third-order valence-corrected chi connectivity index (χ3v) is 6.85. The Balaban J connectivity index is 1.84. The Labute approximate surface area is 154 Å². The van der Waals surface area contributed by atoms with Gasteiger partial charge in [0.05, 0.1) is 5.69 Å². The normalized spacial score (nSPS) is 27.8. The molecule has 3 aromatic rings. The highest BCUT2D eigenvalue weighted by Crippen LogP contribution is 2.60. The fourth-order valence-electron chi connectivity index (χ4n) is 4.86. The quantitative estimate of drug-likeness (QED) is 0.594. The van der Waals surface area contributed by atoms with Gasteiger partial charge in [0.1, 0.15) is 11.7 Å². The molecule has 1 aliphatic heterocycles. The van der Waals surface area contributed by atoms with Crippen LogP contribution < -0.4 is 4.90 Å². The monoisotopic (exact) mass is 346 g/mol. The largest absolute Gasteiger partial charge is 0.454 e. The van der Waals surface area contributed by atoms with Gasteiger partial charge in [-0.15, -0.1) is 0 Å². The van der Waals surface area contributed by atoms with E-state index in [0.29, 0.717) is 0 Å². The molecule has 134 valence electrons. The predicted octanol–water partition coefficient (Wildman–Crippen LogP) is 5.84. The molecule has 0 spiro atoms. The molecule has 1 unspecified atom stereocenters. The maximum Gasteiger partial charge on any atom is 0.159 e. The van der Waals surface area contributed by atoms with Crippen LogP contribution in [0.5, 0.6) is 0 Å². The first-order chi connectivity index (χ1) is 12.6. The standard InChI is InChI=1S/C23H26N2O/c1-5-23(14-15(23)2)19-11-10-18-17-8-6-7-9-20(17)26-22(18)21(19)25-13-12-24(4)16(25)3/h6-13,15-16H,5,14H2,1-4H3/t15-,16+,23?/m0/s1. The summed E-state index contributed by atoms with van der Waals surface area (Å²) in [5, 5.41) is 2.42. The van der Waals surface area contributed by atoms with Crippen molar-refractivity contribution in [2.45, 2.75) is 45.2 Å². The van der Waals surface area contributed by atoms with Crippen molar-refractivity contribution >= 4 is 27.6 Å². The summed E-state index contributed by atoms with van der Waals surface area (Å²) in [6.45, 7) is 6.96. The van der Waals surface area contributed by atoms with E-state index in [1.54, 1.807) is 0 Å². The van der Waals surface area contributed by atoms with Gasteiger partial charge in [0.15, 0.2) is 5.58 Å². The summed E-state index contributed by atoms with van der Waals surface area (Å²) >= 11 is 0. The van der Waals surface area contributed by atoms with E-state index in [4.69, 9.17) is 4.42 Å². The molecule has 1 saturated carbocycles. The average molecular weight is 346 g/mol. The number of hydrogen-bond donors (Lipinski definition) is 0. The van der Waals surface area contributed by atoms with E-state index in [0.717, 1.165) is 17.1 Å². The molecule has 0 bridgehead atoms. The topological polar surface area (TPSA) is 19.6 Å². The second kappa shape index (κ2) is 5.29. The molecule has 0 N–H and O–H groups in total. The van der Waals surface area contributed by atoms with Gasteiger partial charge >= 0.3 is 0 Å². The van der Waals surface area contributed by atoms with Crippen molar-refractivity contribution < 1.29 is 4.42 Å². The predicted molar refractivity (Wildman–Crippen MR) is 108 cm³/mol. The van der Waals surface area contributed by atoms with Crippen LogP contribution in [0.3, 0.4) is 0 Å². The zero-order chi connectivity index (χ0) is 18.1. The van der Waals surface area contributed by atoms with Crippen LogP contribution in [0.4, 0.5) is 5.69 Å². The molecule has 0 radical (unpaired) electrons. The number of nitrogens with zero attached hydrogens (tertiary/aromatic N) is 2. The zero-order valence-corrected chi connectivity index (χ0v) is 16.0. The highest BCUT2D eigenvalue weighted by Gasteiger charge is 2.52. The maximum atomic E-state index is 6.43. The fourth-order valence-corrected chi connectivity index (χ4v) is 4.86. The zero-order valence-electron chi connectivity index (χ0n) is 16.0. The van der Waals surface area contributed by atoms with E-state index in [1.807, 2.05) is 6.07 Å². The van der Waals surface area contributed by atoms with Gasteiger partial charge in [-0.05, 0) is 37.3 Å². The minimum Gasteiger partial charge on any atom is -0.454 e. The summed E-state index contributed by atoms with van der Waals surface area (Å²) in [4.78, 5) is 4.64. The molecule has 0 saturated heterocycles. The lowest BCUT2D eigenvalue weighted by Crippen LogP contribution is -2.34.